The number of halogens is 1. The lowest BCUT2D eigenvalue weighted by Crippen LogP contribution is -2.05. The van der Waals surface area contributed by atoms with Crippen molar-refractivity contribution in [3.8, 4) is 5.75 Å². The molecule has 1 saturated carbocycles. The number of nitrogens with zero attached hydrogens (tertiary/aromatic N) is 2. The third-order valence-corrected chi connectivity index (χ3v) is 3.24. The SMILES string of the molecule is O=C(O)c1ccc(OCc2cncn2C2CC2)cc1F. The number of aromatic nitrogens is 2. The van der Waals surface area contributed by atoms with Crippen molar-refractivity contribution in [1.82, 2.24) is 9.55 Å². The molecule has 0 saturated heterocycles. The van der Waals surface area contributed by atoms with Gasteiger partial charge in [-0.2, -0.15) is 0 Å². The van der Waals surface area contributed by atoms with E-state index in [0.717, 1.165) is 24.6 Å². The first-order valence-electron chi connectivity index (χ1n) is 6.31. The zero-order valence-electron chi connectivity index (χ0n) is 10.6. The molecule has 1 aliphatic carbocycles. The normalized spacial score (nSPS) is 14.2. The molecule has 0 unspecified atom stereocenters. The summed E-state index contributed by atoms with van der Waals surface area (Å²) in [4.78, 5) is 14.8. The molecule has 0 radical (unpaired) electrons. The summed E-state index contributed by atoms with van der Waals surface area (Å²) >= 11 is 0. The molecule has 1 aromatic carbocycles. The highest BCUT2D eigenvalue weighted by Crippen LogP contribution is 2.35. The van der Waals surface area contributed by atoms with Gasteiger partial charge in [-0.05, 0) is 25.0 Å². The highest BCUT2D eigenvalue weighted by atomic mass is 19.1. The van der Waals surface area contributed by atoms with Crippen LogP contribution in [0, 0.1) is 5.82 Å². The van der Waals surface area contributed by atoms with Gasteiger partial charge in [-0.25, -0.2) is 14.2 Å². The maximum Gasteiger partial charge on any atom is 0.338 e. The van der Waals surface area contributed by atoms with E-state index in [0.29, 0.717) is 11.8 Å². The quantitative estimate of drug-likeness (QED) is 0.911. The van der Waals surface area contributed by atoms with Gasteiger partial charge in [0.2, 0.25) is 0 Å². The van der Waals surface area contributed by atoms with E-state index in [2.05, 4.69) is 9.55 Å². The Hall–Kier alpha value is -2.37. The molecule has 0 bridgehead atoms. The third-order valence-electron chi connectivity index (χ3n) is 3.24. The molecular formula is C14H13FN2O3. The smallest absolute Gasteiger partial charge is 0.338 e. The third kappa shape index (κ3) is 2.49. The van der Waals surface area contributed by atoms with Crippen molar-refractivity contribution in [3.63, 3.8) is 0 Å². The number of carboxylic acids is 1. The summed E-state index contributed by atoms with van der Waals surface area (Å²) in [6, 6.07) is 4.24. The summed E-state index contributed by atoms with van der Waals surface area (Å²) in [5.41, 5.74) is 0.565. The van der Waals surface area contributed by atoms with Crippen LogP contribution >= 0.6 is 0 Å². The van der Waals surface area contributed by atoms with Gasteiger partial charge in [0, 0.05) is 12.1 Å². The van der Waals surface area contributed by atoms with Crippen molar-refractivity contribution >= 4 is 5.97 Å². The molecule has 1 fully saturated rings. The molecule has 2 aromatic rings. The van der Waals surface area contributed by atoms with E-state index in [4.69, 9.17) is 9.84 Å². The number of hydrogen-bond acceptors (Lipinski definition) is 3. The Bertz CT molecular complexity index is 650. The first-order valence-corrected chi connectivity index (χ1v) is 6.31. The predicted octanol–water partition coefficient (Wildman–Crippen LogP) is 2.63. The Labute approximate surface area is 114 Å². The number of aromatic carboxylic acids is 1. The van der Waals surface area contributed by atoms with E-state index in [-0.39, 0.29) is 12.2 Å². The van der Waals surface area contributed by atoms with E-state index in [1.54, 1.807) is 12.5 Å². The van der Waals surface area contributed by atoms with Crippen LogP contribution in [0.1, 0.15) is 34.9 Å². The van der Waals surface area contributed by atoms with Gasteiger partial charge < -0.3 is 14.4 Å². The lowest BCUT2D eigenvalue weighted by Gasteiger charge is -2.09. The molecule has 5 nitrogen and oxygen atoms in total. The fourth-order valence-electron chi connectivity index (χ4n) is 2.04. The Balaban J connectivity index is 1.70. The van der Waals surface area contributed by atoms with Crippen molar-refractivity contribution in [2.75, 3.05) is 0 Å². The predicted molar refractivity (Wildman–Crippen MR) is 68.2 cm³/mol. The molecule has 0 aliphatic heterocycles. The minimum Gasteiger partial charge on any atom is -0.487 e. The molecular weight excluding hydrogens is 263 g/mol. The highest BCUT2D eigenvalue weighted by molar-refractivity contribution is 5.88. The largest absolute Gasteiger partial charge is 0.487 e. The van der Waals surface area contributed by atoms with Crippen LogP contribution in [-0.2, 0) is 6.61 Å². The minimum absolute atomic E-state index is 0.280. The maximum atomic E-state index is 13.5. The molecule has 20 heavy (non-hydrogen) atoms. The van der Waals surface area contributed by atoms with Crippen LogP contribution in [0.4, 0.5) is 4.39 Å². The van der Waals surface area contributed by atoms with E-state index < -0.39 is 11.8 Å². The molecule has 1 aromatic heterocycles. The fraction of sp³-hybridized carbons (Fsp3) is 0.286. The molecule has 1 aliphatic rings. The first-order chi connectivity index (χ1) is 9.65. The molecule has 6 heteroatoms. The van der Waals surface area contributed by atoms with Crippen LogP contribution in [0.3, 0.4) is 0 Å². The van der Waals surface area contributed by atoms with Gasteiger partial charge in [0.25, 0.3) is 0 Å². The number of carboxylic acid groups (broad SMARTS) is 1. The summed E-state index contributed by atoms with van der Waals surface area (Å²) in [6.45, 7) is 0.280. The van der Waals surface area contributed by atoms with Crippen LogP contribution < -0.4 is 4.74 Å². The Kier molecular flexibility index (Phi) is 3.14. The van der Waals surface area contributed by atoms with Crippen molar-refractivity contribution in [2.45, 2.75) is 25.5 Å². The van der Waals surface area contributed by atoms with Gasteiger partial charge in [0.15, 0.2) is 0 Å². The van der Waals surface area contributed by atoms with Crippen molar-refractivity contribution in [3.05, 3.63) is 47.8 Å². The van der Waals surface area contributed by atoms with Gasteiger partial charge in [0.05, 0.1) is 23.8 Å². The molecule has 1 N–H and O–H groups in total. The standard InChI is InChI=1S/C14H13FN2O3/c15-13-5-11(3-4-12(13)14(18)19)20-7-10-6-16-8-17(10)9-1-2-9/h3-6,8-9H,1-2,7H2,(H,18,19). The van der Waals surface area contributed by atoms with Gasteiger partial charge >= 0.3 is 5.97 Å². The molecule has 0 spiro atoms. The van der Waals surface area contributed by atoms with E-state index in [9.17, 15) is 9.18 Å². The fourth-order valence-corrected chi connectivity index (χ4v) is 2.04. The second-order valence-electron chi connectivity index (χ2n) is 4.76. The molecule has 0 atom stereocenters. The first kappa shape index (κ1) is 12.7. The summed E-state index contributed by atoms with van der Waals surface area (Å²) < 4.78 is 21.1. The lowest BCUT2D eigenvalue weighted by molar-refractivity contribution is 0.0692. The van der Waals surface area contributed by atoms with Crippen molar-refractivity contribution < 1.29 is 19.0 Å². The Morgan fingerprint density at radius 2 is 2.30 bits per heavy atom. The van der Waals surface area contributed by atoms with E-state index >= 15 is 0 Å². The van der Waals surface area contributed by atoms with Gasteiger partial charge in [-0.3, -0.25) is 0 Å². The van der Waals surface area contributed by atoms with Crippen molar-refractivity contribution in [1.29, 1.82) is 0 Å². The number of rotatable bonds is 5. The summed E-state index contributed by atoms with van der Waals surface area (Å²) in [7, 11) is 0. The van der Waals surface area contributed by atoms with Crippen LogP contribution in [-0.4, -0.2) is 20.6 Å². The lowest BCUT2D eigenvalue weighted by atomic mass is 10.2. The highest BCUT2D eigenvalue weighted by Gasteiger charge is 2.25. The minimum atomic E-state index is -1.29. The summed E-state index contributed by atoms with van der Waals surface area (Å²) in [6.07, 6.45) is 5.78. The van der Waals surface area contributed by atoms with Gasteiger partial charge in [-0.1, -0.05) is 0 Å². The average Bonchev–Trinajstić information content (AvgIpc) is 3.15. The van der Waals surface area contributed by atoms with E-state index in [1.807, 2.05) is 0 Å². The number of imidazole rings is 1. The average molecular weight is 276 g/mol. The Morgan fingerprint density at radius 3 is 2.95 bits per heavy atom. The van der Waals surface area contributed by atoms with Crippen LogP contribution in [0.15, 0.2) is 30.7 Å². The second kappa shape index (κ2) is 4.96. The summed E-state index contributed by atoms with van der Waals surface area (Å²) in [5.74, 6) is -1.79. The van der Waals surface area contributed by atoms with E-state index in [1.165, 1.54) is 12.1 Å². The second-order valence-corrected chi connectivity index (χ2v) is 4.76. The Morgan fingerprint density at radius 1 is 1.50 bits per heavy atom. The van der Waals surface area contributed by atoms with Gasteiger partial charge in [-0.15, -0.1) is 0 Å². The zero-order valence-corrected chi connectivity index (χ0v) is 10.6. The zero-order chi connectivity index (χ0) is 14.1. The number of carbonyl (C=O) groups is 1. The molecule has 3 rings (SSSR count). The molecule has 0 amide bonds. The molecule has 104 valence electrons. The van der Waals surface area contributed by atoms with Crippen molar-refractivity contribution in [2.24, 2.45) is 0 Å². The monoisotopic (exact) mass is 276 g/mol. The van der Waals surface area contributed by atoms with Crippen LogP contribution in [0.25, 0.3) is 0 Å². The number of ether oxygens (including phenoxy) is 1. The topological polar surface area (TPSA) is 64.3 Å². The summed E-state index contributed by atoms with van der Waals surface area (Å²) in [5, 5.41) is 8.75. The van der Waals surface area contributed by atoms with Crippen LogP contribution in [0.5, 0.6) is 5.75 Å². The number of hydrogen-bond donors (Lipinski definition) is 1. The number of benzene rings is 1. The maximum absolute atomic E-state index is 13.5. The van der Waals surface area contributed by atoms with Gasteiger partial charge in [0.1, 0.15) is 18.2 Å². The van der Waals surface area contributed by atoms with Crippen LogP contribution in [0.2, 0.25) is 0 Å². The molecule has 1 heterocycles.